The Bertz CT molecular complexity index is 295. The van der Waals surface area contributed by atoms with Gasteiger partial charge in [0.15, 0.2) is 0 Å². The van der Waals surface area contributed by atoms with Gasteiger partial charge in [0.05, 0.1) is 0 Å². The van der Waals surface area contributed by atoms with Crippen LogP contribution >= 0.6 is 0 Å². The van der Waals surface area contributed by atoms with Crippen LogP contribution in [0.25, 0.3) is 0 Å². The molecule has 1 aromatic carbocycles. The molecule has 0 unspecified atom stereocenters. The lowest BCUT2D eigenvalue weighted by molar-refractivity contribution is -0.277. The van der Waals surface area contributed by atoms with Gasteiger partial charge in [-0.25, -0.2) is 4.79 Å². The number of carbonyl (C=O) groups excluding carboxylic acids is 1. The third-order valence-electron chi connectivity index (χ3n) is 1.66. The zero-order chi connectivity index (χ0) is 10.4. The molecule has 0 radical (unpaired) electrons. The van der Waals surface area contributed by atoms with Crippen LogP contribution in [0.1, 0.15) is 18.1 Å². The molecule has 0 aromatic heterocycles. The van der Waals surface area contributed by atoms with E-state index in [-0.39, 0.29) is 6.61 Å². The average Bonchev–Trinajstić information content (AvgIpc) is 2.18. The highest BCUT2D eigenvalue weighted by Crippen LogP contribution is 2.05. The quantitative estimate of drug-likeness (QED) is 0.578. The van der Waals surface area contributed by atoms with Gasteiger partial charge in [-0.1, -0.05) is 24.3 Å². The minimum Gasteiger partial charge on any atom is -0.326 e. The molecule has 0 aliphatic heterocycles. The first-order valence-corrected chi connectivity index (χ1v) is 4.30. The minimum atomic E-state index is -0.455. The minimum absolute atomic E-state index is 0.254. The highest BCUT2D eigenvalue weighted by molar-refractivity contribution is 5.65. The molecule has 0 bridgehead atoms. The summed E-state index contributed by atoms with van der Waals surface area (Å²) < 4.78 is 0. The Kier molecular flexibility index (Phi) is 4.10. The highest BCUT2D eigenvalue weighted by atomic mass is 17.2. The molecule has 2 N–H and O–H groups in total. The summed E-state index contributed by atoms with van der Waals surface area (Å²) in [5.41, 5.74) is 7.43. The first kappa shape index (κ1) is 10.7. The van der Waals surface area contributed by atoms with Crippen molar-refractivity contribution in [3.05, 3.63) is 35.4 Å². The first-order chi connectivity index (χ1) is 6.72. The molecular weight excluding hydrogens is 182 g/mol. The monoisotopic (exact) mass is 195 g/mol. The highest BCUT2D eigenvalue weighted by Gasteiger charge is 1.96. The van der Waals surface area contributed by atoms with Crippen LogP contribution in [0.2, 0.25) is 0 Å². The molecule has 14 heavy (non-hydrogen) atoms. The number of carbonyl (C=O) groups is 1. The third-order valence-corrected chi connectivity index (χ3v) is 1.66. The zero-order valence-corrected chi connectivity index (χ0v) is 8.03. The van der Waals surface area contributed by atoms with Crippen LogP contribution in [-0.4, -0.2) is 5.97 Å². The lowest BCUT2D eigenvalue weighted by Gasteiger charge is -2.02. The summed E-state index contributed by atoms with van der Waals surface area (Å²) >= 11 is 0. The number of benzene rings is 1. The summed E-state index contributed by atoms with van der Waals surface area (Å²) in [6.07, 6.45) is 0. The van der Waals surface area contributed by atoms with Crippen LogP contribution in [0.5, 0.6) is 0 Å². The second kappa shape index (κ2) is 5.36. The second-order valence-corrected chi connectivity index (χ2v) is 2.86. The summed E-state index contributed by atoms with van der Waals surface area (Å²) in [6, 6.07) is 7.58. The van der Waals surface area contributed by atoms with Crippen molar-refractivity contribution >= 4 is 5.97 Å². The van der Waals surface area contributed by atoms with E-state index in [1.807, 2.05) is 24.3 Å². The molecule has 0 atom stereocenters. The fourth-order valence-electron chi connectivity index (χ4n) is 0.952. The number of hydrogen-bond donors (Lipinski definition) is 1. The largest absolute Gasteiger partial charge is 0.339 e. The molecule has 0 spiro atoms. The topological polar surface area (TPSA) is 61.5 Å². The van der Waals surface area contributed by atoms with Crippen molar-refractivity contribution in [2.24, 2.45) is 5.73 Å². The van der Waals surface area contributed by atoms with Crippen molar-refractivity contribution in [2.75, 3.05) is 0 Å². The predicted octanol–water partition coefficient (Wildman–Crippen LogP) is 1.14. The van der Waals surface area contributed by atoms with E-state index in [4.69, 9.17) is 5.73 Å². The molecule has 0 aliphatic carbocycles. The Hall–Kier alpha value is -1.39. The maximum atomic E-state index is 10.4. The van der Waals surface area contributed by atoms with E-state index in [1.54, 1.807) is 0 Å². The van der Waals surface area contributed by atoms with Crippen LogP contribution in [-0.2, 0) is 27.7 Å². The van der Waals surface area contributed by atoms with Gasteiger partial charge < -0.3 is 5.73 Å². The SMILES string of the molecule is CC(=O)OOCc1ccc(CN)cc1. The van der Waals surface area contributed by atoms with Gasteiger partial charge in [0.1, 0.15) is 6.61 Å². The Balaban J connectivity index is 2.40. The van der Waals surface area contributed by atoms with Gasteiger partial charge in [-0.05, 0) is 11.1 Å². The molecular formula is C10H13NO3. The average molecular weight is 195 g/mol. The van der Waals surface area contributed by atoms with Crippen LogP contribution in [0, 0.1) is 0 Å². The molecule has 0 saturated heterocycles. The number of hydrogen-bond acceptors (Lipinski definition) is 4. The molecule has 4 nitrogen and oxygen atoms in total. The standard InChI is InChI=1S/C10H13NO3/c1-8(12)14-13-7-10-4-2-9(6-11)3-5-10/h2-5H,6-7,11H2,1H3. The summed E-state index contributed by atoms with van der Waals surface area (Å²) in [5.74, 6) is -0.455. The zero-order valence-electron chi connectivity index (χ0n) is 8.03. The van der Waals surface area contributed by atoms with Crippen LogP contribution in [0.15, 0.2) is 24.3 Å². The van der Waals surface area contributed by atoms with Gasteiger partial charge in [0, 0.05) is 13.5 Å². The fraction of sp³-hybridized carbons (Fsp3) is 0.300. The number of rotatable bonds is 4. The Labute approximate surface area is 82.5 Å². The van der Waals surface area contributed by atoms with Gasteiger partial charge >= 0.3 is 5.97 Å². The van der Waals surface area contributed by atoms with E-state index < -0.39 is 5.97 Å². The predicted molar refractivity (Wildman–Crippen MR) is 50.9 cm³/mol. The van der Waals surface area contributed by atoms with E-state index in [1.165, 1.54) is 6.92 Å². The molecule has 1 rings (SSSR count). The summed E-state index contributed by atoms with van der Waals surface area (Å²) in [5, 5.41) is 0. The van der Waals surface area contributed by atoms with Crippen molar-refractivity contribution in [1.29, 1.82) is 0 Å². The van der Waals surface area contributed by atoms with Crippen molar-refractivity contribution in [3.63, 3.8) is 0 Å². The van der Waals surface area contributed by atoms with Crippen molar-refractivity contribution < 1.29 is 14.6 Å². The van der Waals surface area contributed by atoms with Gasteiger partial charge in [-0.3, -0.25) is 4.89 Å². The summed E-state index contributed by atoms with van der Waals surface area (Å²) in [4.78, 5) is 19.4. The summed E-state index contributed by atoms with van der Waals surface area (Å²) in [7, 11) is 0. The van der Waals surface area contributed by atoms with Crippen LogP contribution in [0.4, 0.5) is 0 Å². The van der Waals surface area contributed by atoms with Gasteiger partial charge in [0.25, 0.3) is 0 Å². The van der Waals surface area contributed by atoms with Crippen LogP contribution in [0.3, 0.4) is 0 Å². The Morgan fingerprint density at radius 2 is 1.86 bits per heavy atom. The normalized spacial score (nSPS) is 9.86. The van der Waals surface area contributed by atoms with Gasteiger partial charge in [-0.2, -0.15) is 4.89 Å². The smallest absolute Gasteiger partial charge is 0.326 e. The fourth-order valence-corrected chi connectivity index (χ4v) is 0.952. The molecule has 76 valence electrons. The molecule has 0 heterocycles. The van der Waals surface area contributed by atoms with E-state index in [9.17, 15) is 4.79 Å². The second-order valence-electron chi connectivity index (χ2n) is 2.86. The van der Waals surface area contributed by atoms with Crippen molar-refractivity contribution in [1.82, 2.24) is 0 Å². The van der Waals surface area contributed by atoms with Crippen molar-refractivity contribution in [2.45, 2.75) is 20.1 Å². The third kappa shape index (κ3) is 3.55. The lowest BCUT2D eigenvalue weighted by Crippen LogP contribution is -2.01. The van der Waals surface area contributed by atoms with E-state index in [2.05, 4.69) is 9.78 Å². The Morgan fingerprint density at radius 1 is 1.29 bits per heavy atom. The lowest BCUT2D eigenvalue weighted by atomic mass is 10.1. The first-order valence-electron chi connectivity index (χ1n) is 4.30. The molecule has 0 aliphatic rings. The Morgan fingerprint density at radius 3 is 2.36 bits per heavy atom. The van der Waals surface area contributed by atoms with E-state index >= 15 is 0 Å². The molecule has 0 amide bonds. The van der Waals surface area contributed by atoms with Crippen molar-refractivity contribution in [3.8, 4) is 0 Å². The number of nitrogens with two attached hydrogens (primary N) is 1. The van der Waals surface area contributed by atoms with E-state index in [0.717, 1.165) is 11.1 Å². The summed E-state index contributed by atoms with van der Waals surface area (Å²) in [6.45, 7) is 2.06. The molecule has 4 heteroatoms. The molecule has 0 saturated carbocycles. The molecule has 1 aromatic rings. The van der Waals surface area contributed by atoms with Gasteiger partial charge in [0.2, 0.25) is 0 Å². The van der Waals surface area contributed by atoms with E-state index in [0.29, 0.717) is 6.54 Å². The van der Waals surface area contributed by atoms with Crippen LogP contribution < -0.4 is 5.73 Å². The van der Waals surface area contributed by atoms with Gasteiger partial charge in [-0.15, -0.1) is 0 Å². The maximum absolute atomic E-state index is 10.4. The maximum Gasteiger partial charge on any atom is 0.339 e. The molecule has 0 fully saturated rings.